The fourth-order valence-electron chi connectivity index (χ4n) is 4.65. The Labute approximate surface area is 235 Å². The molecule has 202 valence electrons. The molecule has 5 heterocycles. The largest absolute Gasteiger partial charge is 0.384 e. The number of fused-ring (bicyclic) bond motifs is 2. The van der Waals surface area contributed by atoms with Crippen LogP contribution in [0.1, 0.15) is 39.6 Å². The number of nitrogens with zero attached hydrogens (tertiary/aromatic N) is 4. The lowest BCUT2D eigenvalue weighted by molar-refractivity contribution is -0.124. The van der Waals surface area contributed by atoms with E-state index in [2.05, 4.69) is 25.6 Å². The molecule has 2 atom stereocenters. The summed E-state index contributed by atoms with van der Waals surface area (Å²) in [5.41, 5.74) is 6.48. The number of nitrogen functional groups attached to an aromatic ring is 1. The second-order valence-electron chi connectivity index (χ2n) is 9.13. The SMILES string of the molecule is CO[C@@H]1C[C@@H](C(=O)NCc2cc3cnc(N)cc3s2)n2c1ncc(NC(=O)c1ccc(-c3nccs3)cc1)c2=O. The molecule has 13 heteroatoms. The highest BCUT2D eigenvalue weighted by Crippen LogP contribution is 2.34. The first-order valence-electron chi connectivity index (χ1n) is 12.3. The van der Waals surface area contributed by atoms with Gasteiger partial charge in [-0.25, -0.2) is 15.0 Å². The third kappa shape index (κ3) is 4.85. The van der Waals surface area contributed by atoms with Crippen LogP contribution in [0.25, 0.3) is 20.7 Å². The van der Waals surface area contributed by atoms with Crippen LogP contribution in [0.3, 0.4) is 0 Å². The van der Waals surface area contributed by atoms with Crippen molar-refractivity contribution in [3.05, 3.63) is 87.0 Å². The molecule has 0 spiro atoms. The number of rotatable bonds is 7. The molecule has 0 fully saturated rings. The molecule has 0 aliphatic carbocycles. The molecule has 0 radical (unpaired) electrons. The van der Waals surface area contributed by atoms with Gasteiger partial charge in [-0.2, -0.15) is 0 Å². The van der Waals surface area contributed by atoms with Gasteiger partial charge in [0.1, 0.15) is 34.5 Å². The van der Waals surface area contributed by atoms with Gasteiger partial charge in [0.2, 0.25) is 5.91 Å². The van der Waals surface area contributed by atoms with Crippen molar-refractivity contribution < 1.29 is 14.3 Å². The van der Waals surface area contributed by atoms with Gasteiger partial charge in [0.05, 0.1) is 12.7 Å². The van der Waals surface area contributed by atoms with Gasteiger partial charge in [-0.1, -0.05) is 12.1 Å². The minimum Gasteiger partial charge on any atom is -0.384 e. The Balaban J connectivity index is 1.20. The number of methoxy groups -OCH3 is 1. The summed E-state index contributed by atoms with van der Waals surface area (Å²) < 4.78 is 7.79. The van der Waals surface area contributed by atoms with Crippen LogP contribution < -0.4 is 21.9 Å². The van der Waals surface area contributed by atoms with Crippen molar-refractivity contribution in [2.24, 2.45) is 0 Å². The van der Waals surface area contributed by atoms with Crippen molar-refractivity contribution in [1.82, 2.24) is 24.8 Å². The topological polar surface area (TPSA) is 154 Å². The zero-order chi connectivity index (χ0) is 27.8. The highest BCUT2D eigenvalue weighted by atomic mass is 32.1. The average molecular weight is 574 g/mol. The predicted octanol–water partition coefficient (Wildman–Crippen LogP) is 3.76. The van der Waals surface area contributed by atoms with Crippen LogP contribution in [0.5, 0.6) is 0 Å². The van der Waals surface area contributed by atoms with E-state index in [1.54, 1.807) is 42.7 Å². The fraction of sp³-hybridized carbons (Fsp3) is 0.185. The summed E-state index contributed by atoms with van der Waals surface area (Å²) in [5, 5.41) is 9.23. The van der Waals surface area contributed by atoms with Crippen molar-refractivity contribution in [3.8, 4) is 10.6 Å². The van der Waals surface area contributed by atoms with E-state index >= 15 is 0 Å². The number of amides is 2. The number of nitrogens with two attached hydrogens (primary N) is 1. The Morgan fingerprint density at radius 2 is 1.98 bits per heavy atom. The fourth-order valence-corrected chi connectivity index (χ4v) is 6.32. The van der Waals surface area contributed by atoms with Gasteiger partial charge < -0.3 is 21.1 Å². The Morgan fingerprint density at radius 1 is 1.15 bits per heavy atom. The number of carbonyl (C=O) groups is 2. The van der Waals surface area contributed by atoms with Crippen molar-refractivity contribution >= 4 is 56.1 Å². The molecule has 0 saturated carbocycles. The number of hydrogen-bond acceptors (Lipinski definition) is 10. The summed E-state index contributed by atoms with van der Waals surface area (Å²) in [6, 6.07) is 9.82. The van der Waals surface area contributed by atoms with Crippen LogP contribution in [-0.4, -0.2) is 38.4 Å². The van der Waals surface area contributed by atoms with Crippen LogP contribution in [0.4, 0.5) is 11.5 Å². The predicted molar refractivity (Wildman–Crippen MR) is 153 cm³/mol. The van der Waals surface area contributed by atoms with E-state index in [-0.39, 0.29) is 24.6 Å². The van der Waals surface area contributed by atoms with E-state index < -0.39 is 23.6 Å². The number of benzene rings is 1. The molecular weight excluding hydrogens is 550 g/mol. The maximum absolute atomic E-state index is 13.5. The van der Waals surface area contributed by atoms with Crippen molar-refractivity contribution in [1.29, 1.82) is 0 Å². The standard InChI is InChI=1S/C27H23N7O4S2/c1-38-20-9-19(25(36)32-12-17-8-16-11-30-22(28)10-21(16)40-17)34-23(20)31-13-18(27(34)37)33-24(35)14-2-4-15(5-3-14)26-29-6-7-39-26/h2-8,10-11,13,19-20H,9,12H2,1H3,(H2,28,30)(H,32,36)(H,33,35)/t19-,20+/m0/s1. The summed E-state index contributed by atoms with van der Waals surface area (Å²) in [6.45, 7) is 0.275. The maximum atomic E-state index is 13.5. The lowest BCUT2D eigenvalue weighted by Crippen LogP contribution is -2.36. The van der Waals surface area contributed by atoms with Crippen molar-refractivity contribution in [3.63, 3.8) is 0 Å². The first-order valence-corrected chi connectivity index (χ1v) is 14.0. The van der Waals surface area contributed by atoms with Crippen LogP contribution in [0.2, 0.25) is 0 Å². The maximum Gasteiger partial charge on any atom is 0.278 e. The number of thiazole rings is 1. The molecule has 0 unspecified atom stereocenters. The van der Waals surface area contributed by atoms with Crippen LogP contribution in [0.15, 0.2) is 65.2 Å². The molecule has 6 rings (SSSR count). The van der Waals surface area contributed by atoms with Gasteiger partial charge >= 0.3 is 0 Å². The lowest BCUT2D eigenvalue weighted by atomic mass is 10.1. The van der Waals surface area contributed by atoms with Crippen molar-refractivity contribution in [2.45, 2.75) is 25.1 Å². The Hall–Kier alpha value is -4.46. The third-order valence-corrected chi connectivity index (χ3v) is 8.55. The summed E-state index contributed by atoms with van der Waals surface area (Å²) in [4.78, 5) is 53.4. The molecule has 4 aromatic heterocycles. The smallest absolute Gasteiger partial charge is 0.278 e. The van der Waals surface area contributed by atoms with Gasteiger partial charge in [0.15, 0.2) is 0 Å². The zero-order valence-corrected chi connectivity index (χ0v) is 22.8. The van der Waals surface area contributed by atoms with Crippen molar-refractivity contribution in [2.75, 3.05) is 18.2 Å². The first-order chi connectivity index (χ1) is 19.4. The second kappa shape index (κ2) is 10.6. The van der Waals surface area contributed by atoms with Gasteiger partial charge in [-0.05, 0) is 24.3 Å². The van der Waals surface area contributed by atoms with Gasteiger partial charge in [0.25, 0.3) is 11.5 Å². The molecule has 0 saturated heterocycles. The normalized spacial score (nSPS) is 16.1. The molecule has 40 heavy (non-hydrogen) atoms. The summed E-state index contributed by atoms with van der Waals surface area (Å²) in [5.74, 6) is -0.0456. The number of aromatic nitrogens is 4. The Kier molecular flexibility index (Phi) is 6.84. The van der Waals surface area contributed by atoms with Crippen LogP contribution >= 0.6 is 22.7 Å². The van der Waals surface area contributed by atoms with Crippen LogP contribution in [0, 0.1) is 0 Å². The Morgan fingerprint density at radius 3 is 2.73 bits per heavy atom. The van der Waals surface area contributed by atoms with Gasteiger partial charge in [-0.15, -0.1) is 22.7 Å². The quantitative estimate of drug-likeness (QED) is 0.266. The summed E-state index contributed by atoms with van der Waals surface area (Å²) in [7, 11) is 1.50. The number of pyridine rings is 1. The third-order valence-electron chi connectivity index (χ3n) is 6.63. The molecule has 1 aromatic carbocycles. The Bertz CT molecular complexity index is 1780. The minimum absolute atomic E-state index is 0.0260. The average Bonchev–Trinajstić information content (AvgIpc) is 3.72. The molecule has 0 bridgehead atoms. The van der Waals surface area contributed by atoms with E-state index in [0.717, 1.165) is 25.5 Å². The molecule has 2 amide bonds. The second-order valence-corrected chi connectivity index (χ2v) is 11.2. The highest BCUT2D eigenvalue weighted by molar-refractivity contribution is 7.19. The van der Waals surface area contributed by atoms with E-state index in [9.17, 15) is 14.4 Å². The first kappa shape index (κ1) is 25.8. The molecule has 11 nitrogen and oxygen atoms in total. The molecule has 5 aromatic rings. The van der Waals surface area contributed by atoms with E-state index in [0.29, 0.717) is 17.2 Å². The summed E-state index contributed by atoms with van der Waals surface area (Å²) >= 11 is 3.01. The molecule has 4 N–H and O–H groups in total. The lowest BCUT2D eigenvalue weighted by Gasteiger charge is -2.15. The zero-order valence-electron chi connectivity index (χ0n) is 21.2. The van der Waals surface area contributed by atoms with Gasteiger partial charge in [-0.3, -0.25) is 19.0 Å². The van der Waals surface area contributed by atoms with Gasteiger partial charge in [0, 0.05) is 57.4 Å². The highest BCUT2D eigenvalue weighted by Gasteiger charge is 2.38. The number of ether oxygens (including phenoxy) is 1. The molecule has 1 aliphatic rings. The number of hydrogen-bond donors (Lipinski definition) is 3. The van der Waals surface area contributed by atoms with E-state index in [1.807, 2.05) is 11.4 Å². The molecular formula is C27H23N7O4S2. The van der Waals surface area contributed by atoms with Crippen LogP contribution in [-0.2, 0) is 16.1 Å². The number of anilines is 2. The minimum atomic E-state index is -0.846. The molecule has 1 aliphatic heterocycles. The monoisotopic (exact) mass is 573 g/mol. The van der Waals surface area contributed by atoms with E-state index in [1.165, 1.54) is 40.5 Å². The summed E-state index contributed by atoms with van der Waals surface area (Å²) in [6.07, 6.45) is 4.42. The number of nitrogens with one attached hydrogen (secondary N) is 2. The number of thiophene rings is 1. The number of carbonyl (C=O) groups excluding carboxylic acids is 2. The van der Waals surface area contributed by atoms with E-state index in [4.69, 9.17) is 10.5 Å².